The summed E-state index contributed by atoms with van der Waals surface area (Å²) in [5.41, 5.74) is 9.50. The molecule has 6 N–H and O–H groups in total. The van der Waals surface area contributed by atoms with Gasteiger partial charge in [0.05, 0.1) is 0 Å². The summed E-state index contributed by atoms with van der Waals surface area (Å²) in [7, 11) is -23.8. The van der Waals surface area contributed by atoms with E-state index in [1.165, 1.54) is 0 Å². The first-order valence-corrected chi connectivity index (χ1v) is 12.2. The Morgan fingerprint density at radius 1 is 0.552 bits per heavy atom. The van der Waals surface area contributed by atoms with Crippen LogP contribution < -0.4 is 50.6 Å². The minimum atomic E-state index is -5.94. The van der Waals surface area contributed by atoms with E-state index in [9.17, 15) is 57.4 Å². The maximum atomic E-state index is 10.3. The van der Waals surface area contributed by atoms with E-state index >= 15 is 0 Å². The van der Waals surface area contributed by atoms with Gasteiger partial charge in [-0.2, -0.15) is 0 Å². The Labute approximate surface area is 254 Å². The van der Waals surface area contributed by atoms with Crippen LogP contribution in [0.4, 0.5) is 0 Å². The van der Waals surface area contributed by atoms with Crippen LogP contribution in [-0.4, -0.2) is 147 Å². The van der Waals surface area contributed by atoms with Gasteiger partial charge in [-0.1, -0.05) is 0 Å². The SMILES string of the molecule is NCCC(O)(P(=O)([O-])[O-])P(=O)([O-])[O-].NCCC(O)(P(=O)([O-])[O-])P(=O)([O-])[O-].[Ca+2].[Ca+2].[Ca+2]. The Bertz CT molecular complexity index is 556. The molecule has 0 spiro atoms. The Balaban J connectivity index is -0.000000120. The van der Waals surface area contributed by atoms with Gasteiger partial charge in [-0.15, -0.1) is 0 Å². The van der Waals surface area contributed by atoms with Gasteiger partial charge < -0.3 is 79.1 Å². The molecular weight excluding hydrogens is 568 g/mol. The molecule has 0 saturated heterocycles. The van der Waals surface area contributed by atoms with Crippen molar-refractivity contribution in [3.05, 3.63) is 0 Å². The third-order valence-electron chi connectivity index (χ3n) is 2.71. The van der Waals surface area contributed by atoms with Crippen LogP contribution in [0.5, 0.6) is 0 Å². The second-order valence-electron chi connectivity index (χ2n) is 4.62. The average Bonchev–Trinajstić information content (AvgIpc) is 2.34. The van der Waals surface area contributed by atoms with E-state index in [1.807, 2.05) is 0 Å². The van der Waals surface area contributed by atoms with E-state index in [2.05, 4.69) is 0 Å². The fourth-order valence-electron chi connectivity index (χ4n) is 1.24. The summed E-state index contributed by atoms with van der Waals surface area (Å²) in [6.45, 7) is -1.22. The number of hydrogen-bond acceptors (Lipinski definition) is 16. The first-order valence-electron chi connectivity index (χ1n) is 6.06. The predicted molar refractivity (Wildman–Crippen MR) is 84.9 cm³/mol. The quantitative estimate of drug-likeness (QED) is 0.152. The Kier molecular flexibility index (Phi) is 24.0. The summed E-state index contributed by atoms with van der Waals surface area (Å²) >= 11 is 0. The molecule has 0 aliphatic heterocycles. The van der Waals surface area contributed by atoms with Gasteiger partial charge in [-0.3, -0.25) is 0 Å². The third kappa shape index (κ3) is 12.7. The van der Waals surface area contributed by atoms with E-state index in [0.29, 0.717) is 0 Å². The second-order valence-corrected chi connectivity index (χ2v) is 12.3. The molecule has 0 aliphatic rings. The van der Waals surface area contributed by atoms with Crippen molar-refractivity contribution >= 4 is 144 Å². The molecule has 0 bridgehead atoms. The molecule has 23 heteroatoms. The maximum absolute atomic E-state index is 10.3. The summed E-state index contributed by atoms with van der Waals surface area (Å²) in [6.07, 6.45) is -2.25. The predicted octanol–water partition coefficient (Wildman–Crippen LogP) is -9.53. The van der Waals surface area contributed by atoms with Crippen molar-refractivity contribution in [2.75, 3.05) is 13.1 Å². The molecule has 29 heavy (non-hydrogen) atoms. The summed E-state index contributed by atoms with van der Waals surface area (Å²) < 4.78 is 41.1. The molecule has 0 aromatic heterocycles. The monoisotopic (exact) mass is 582 g/mol. The van der Waals surface area contributed by atoms with E-state index in [0.717, 1.165) is 0 Å². The van der Waals surface area contributed by atoms with Crippen LogP contribution in [-0.2, 0) is 18.3 Å². The zero-order chi connectivity index (χ0) is 21.8. The Morgan fingerprint density at radius 2 is 0.690 bits per heavy atom. The summed E-state index contributed by atoms with van der Waals surface area (Å²) in [5, 5.41) is 10.0. The van der Waals surface area contributed by atoms with Gasteiger partial charge in [0.15, 0.2) is 0 Å². The first-order chi connectivity index (χ1) is 11.1. The fourth-order valence-corrected chi connectivity index (χ4v) is 5.25. The van der Waals surface area contributed by atoms with Gasteiger partial charge in [0, 0.05) is 0 Å². The molecule has 0 aliphatic carbocycles. The van der Waals surface area contributed by atoms with Gasteiger partial charge >= 0.3 is 113 Å². The van der Waals surface area contributed by atoms with Gasteiger partial charge in [0.25, 0.3) is 0 Å². The van der Waals surface area contributed by atoms with Gasteiger partial charge in [-0.05, 0) is 56.3 Å². The Morgan fingerprint density at radius 3 is 0.724 bits per heavy atom. The molecule has 0 radical (unpaired) electrons. The van der Waals surface area contributed by atoms with E-state index < -0.39 is 66.5 Å². The first kappa shape index (κ1) is 43.3. The zero-order valence-electron chi connectivity index (χ0n) is 14.7. The molecule has 0 aromatic carbocycles. The molecule has 0 fully saturated rings. The molecule has 0 unspecified atom stereocenters. The second kappa shape index (κ2) is 16.1. The van der Waals surface area contributed by atoms with Crippen molar-refractivity contribution < 1.29 is 67.6 Å². The van der Waals surface area contributed by atoms with Crippen molar-refractivity contribution in [3.63, 3.8) is 0 Å². The average molecular weight is 582 g/mol. The normalized spacial score (nSPS) is 13.1. The van der Waals surface area contributed by atoms with Crippen LogP contribution in [0.3, 0.4) is 0 Å². The van der Waals surface area contributed by atoms with Gasteiger partial charge in [0.2, 0.25) is 0 Å². The number of hydrogen-bond donors (Lipinski definition) is 4. The molecule has 0 amide bonds. The summed E-state index contributed by atoms with van der Waals surface area (Å²) in [6, 6.07) is 0. The van der Waals surface area contributed by atoms with Crippen molar-refractivity contribution in [3.8, 4) is 0 Å². The van der Waals surface area contributed by atoms with Crippen LogP contribution >= 0.6 is 30.4 Å². The molecule has 0 heterocycles. The van der Waals surface area contributed by atoms with Crippen molar-refractivity contribution in [2.24, 2.45) is 11.5 Å². The molecule has 0 rings (SSSR count). The molecule has 0 atom stereocenters. The maximum Gasteiger partial charge on any atom is 2.00 e. The minimum Gasteiger partial charge on any atom is -0.808 e. The van der Waals surface area contributed by atoms with Crippen LogP contribution in [0.2, 0.25) is 0 Å². The zero-order valence-corrected chi connectivity index (χ0v) is 24.9. The van der Waals surface area contributed by atoms with E-state index in [-0.39, 0.29) is 113 Å². The Hall–Kier alpha value is 4.22. The third-order valence-corrected chi connectivity index (χ3v) is 10.1. The van der Waals surface area contributed by atoms with Crippen LogP contribution in [0, 0.1) is 0 Å². The largest absolute Gasteiger partial charge is 2.00 e. The topological polar surface area (TPSA) is 345 Å². The molecule has 0 saturated carbocycles. The van der Waals surface area contributed by atoms with Crippen molar-refractivity contribution in [1.29, 1.82) is 0 Å². The number of aliphatic hydroxyl groups is 2. The summed E-state index contributed by atoms with van der Waals surface area (Å²) in [5.74, 6) is 0. The molecular formula is C6H14Ca3N2O14P4-2. The molecule has 16 nitrogen and oxygen atoms in total. The standard InChI is InChI=1S/2C3H11NO7P2.3Ca/c2*4-2-1-3(5,12(6,7)8)13(9,10)11;;;/h2*5H,1-2,4H2,(H2,6,7,8)(H2,9,10,11);;;/q;;3*+2/p-8. The van der Waals surface area contributed by atoms with Crippen LogP contribution in [0.1, 0.15) is 12.8 Å². The smallest absolute Gasteiger partial charge is 0.808 e. The van der Waals surface area contributed by atoms with Crippen molar-refractivity contribution in [2.45, 2.75) is 23.0 Å². The van der Waals surface area contributed by atoms with Crippen LogP contribution in [0.25, 0.3) is 0 Å². The minimum absolute atomic E-state index is 0. The van der Waals surface area contributed by atoms with E-state index in [4.69, 9.17) is 21.7 Å². The fraction of sp³-hybridized carbons (Fsp3) is 1.00. The molecule has 0 aromatic rings. The van der Waals surface area contributed by atoms with Gasteiger partial charge in [-0.25, -0.2) is 0 Å². The summed E-state index contributed by atoms with van der Waals surface area (Å²) in [4.78, 5) is 82.3. The van der Waals surface area contributed by atoms with E-state index in [1.54, 1.807) is 0 Å². The number of nitrogens with two attached hydrogens (primary N) is 2. The van der Waals surface area contributed by atoms with Crippen LogP contribution in [0.15, 0.2) is 0 Å². The number of rotatable bonds is 8. The van der Waals surface area contributed by atoms with Crippen molar-refractivity contribution in [1.82, 2.24) is 0 Å². The van der Waals surface area contributed by atoms with Gasteiger partial charge in [0.1, 0.15) is 10.2 Å². The molecule has 160 valence electrons.